The lowest BCUT2D eigenvalue weighted by Gasteiger charge is -2.43. The summed E-state index contributed by atoms with van der Waals surface area (Å²) in [4.78, 5) is 14.0. The van der Waals surface area contributed by atoms with Crippen molar-refractivity contribution in [3.63, 3.8) is 0 Å². The maximum Gasteiger partial charge on any atom is 0.150 e. The summed E-state index contributed by atoms with van der Waals surface area (Å²) in [6.07, 6.45) is 4.19. The summed E-state index contributed by atoms with van der Waals surface area (Å²) in [5.74, 6) is 1.13. The van der Waals surface area contributed by atoms with Crippen LogP contribution in [0.4, 0.5) is 5.82 Å². The second-order valence-electron chi connectivity index (χ2n) is 4.93. The highest BCUT2D eigenvalue weighted by molar-refractivity contribution is 5.48. The molecule has 0 N–H and O–H groups in total. The molecule has 4 heteroatoms. The molecule has 3 rings (SSSR count). The molecule has 0 radical (unpaired) electrons. The van der Waals surface area contributed by atoms with Gasteiger partial charge in [0.1, 0.15) is 0 Å². The molecule has 0 aliphatic carbocycles. The van der Waals surface area contributed by atoms with Crippen molar-refractivity contribution in [1.82, 2.24) is 14.9 Å². The Morgan fingerprint density at radius 1 is 1.38 bits per heavy atom. The topological polar surface area (TPSA) is 32.3 Å². The molecule has 1 aromatic heterocycles. The largest absolute Gasteiger partial charge is 0.350 e. The van der Waals surface area contributed by atoms with Crippen LogP contribution in [-0.2, 0) is 6.42 Å². The molecule has 0 unspecified atom stereocenters. The minimum atomic E-state index is 0.642. The van der Waals surface area contributed by atoms with Gasteiger partial charge in [-0.05, 0) is 26.8 Å². The highest BCUT2D eigenvalue weighted by atomic mass is 15.3. The molecular formula is C12H18N4. The monoisotopic (exact) mass is 218 g/mol. The van der Waals surface area contributed by atoms with Crippen molar-refractivity contribution in [2.24, 2.45) is 0 Å². The third kappa shape index (κ3) is 1.57. The van der Waals surface area contributed by atoms with Crippen LogP contribution in [0, 0.1) is 6.92 Å². The molecule has 4 nitrogen and oxygen atoms in total. The van der Waals surface area contributed by atoms with Crippen LogP contribution < -0.4 is 4.90 Å². The summed E-state index contributed by atoms with van der Waals surface area (Å²) in [5, 5.41) is 0. The van der Waals surface area contributed by atoms with Gasteiger partial charge in [-0.3, -0.25) is 4.98 Å². The van der Waals surface area contributed by atoms with Crippen molar-refractivity contribution in [3.05, 3.63) is 17.6 Å². The Morgan fingerprint density at radius 2 is 2.25 bits per heavy atom. The molecule has 86 valence electrons. The number of aryl methyl sites for hydroxylation is 2. The molecule has 0 aromatic carbocycles. The minimum absolute atomic E-state index is 0.642. The standard InChI is InChI=1S/C12H18N4/c1-9-7-13-12-11(14-9)4-3-10-8-15(2)5-6-16(10)12/h7,10H,3-6,8H2,1-2H3/t10-/m1/s1. The molecule has 1 saturated heterocycles. The van der Waals surface area contributed by atoms with Gasteiger partial charge in [-0.2, -0.15) is 0 Å². The van der Waals surface area contributed by atoms with Crippen molar-refractivity contribution in [1.29, 1.82) is 0 Å². The van der Waals surface area contributed by atoms with Crippen molar-refractivity contribution in [2.75, 3.05) is 31.6 Å². The van der Waals surface area contributed by atoms with E-state index in [0.29, 0.717) is 6.04 Å². The van der Waals surface area contributed by atoms with Crippen LogP contribution >= 0.6 is 0 Å². The summed E-state index contributed by atoms with van der Waals surface area (Å²) in [6.45, 7) is 5.40. The molecule has 1 aromatic rings. The van der Waals surface area contributed by atoms with Gasteiger partial charge in [0.15, 0.2) is 5.82 Å². The Kier molecular flexibility index (Phi) is 2.32. The van der Waals surface area contributed by atoms with Crippen LogP contribution in [0.25, 0.3) is 0 Å². The smallest absolute Gasteiger partial charge is 0.150 e. The quantitative estimate of drug-likeness (QED) is 0.646. The number of piperazine rings is 1. The van der Waals surface area contributed by atoms with Gasteiger partial charge in [0.05, 0.1) is 17.6 Å². The van der Waals surface area contributed by atoms with E-state index in [4.69, 9.17) is 0 Å². The van der Waals surface area contributed by atoms with Gasteiger partial charge in [0.25, 0.3) is 0 Å². The third-order valence-electron chi connectivity index (χ3n) is 3.62. The summed E-state index contributed by atoms with van der Waals surface area (Å²) < 4.78 is 0. The summed E-state index contributed by atoms with van der Waals surface area (Å²) in [5.41, 5.74) is 2.23. The lowest BCUT2D eigenvalue weighted by molar-refractivity contribution is 0.254. The van der Waals surface area contributed by atoms with Gasteiger partial charge in [0, 0.05) is 25.7 Å². The number of nitrogens with zero attached hydrogens (tertiary/aromatic N) is 4. The van der Waals surface area contributed by atoms with Gasteiger partial charge in [0.2, 0.25) is 0 Å². The lowest BCUT2D eigenvalue weighted by atomic mass is 9.99. The Hall–Kier alpha value is -1.16. The van der Waals surface area contributed by atoms with Crippen molar-refractivity contribution in [2.45, 2.75) is 25.8 Å². The average molecular weight is 218 g/mol. The number of anilines is 1. The van der Waals surface area contributed by atoms with E-state index in [0.717, 1.165) is 37.6 Å². The van der Waals surface area contributed by atoms with E-state index in [9.17, 15) is 0 Å². The fourth-order valence-electron chi connectivity index (χ4n) is 2.77. The molecule has 2 aliphatic rings. The summed E-state index contributed by atoms with van der Waals surface area (Å²) in [6, 6.07) is 0.642. The van der Waals surface area contributed by atoms with Crippen LogP contribution in [0.15, 0.2) is 6.20 Å². The molecular weight excluding hydrogens is 200 g/mol. The molecule has 1 atom stereocenters. The van der Waals surface area contributed by atoms with E-state index in [2.05, 4.69) is 26.8 Å². The number of hydrogen-bond acceptors (Lipinski definition) is 4. The molecule has 1 fully saturated rings. The maximum absolute atomic E-state index is 4.61. The highest BCUT2D eigenvalue weighted by Crippen LogP contribution is 2.29. The highest BCUT2D eigenvalue weighted by Gasteiger charge is 2.31. The Balaban J connectivity index is 1.94. The predicted molar refractivity (Wildman–Crippen MR) is 63.7 cm³/mol. The minimum Gasteiger partial charge on any atom is -0.350 e. The predicted octanol–water partition coefficient (Wildman–Crippen LogP) is 0.852. The van der Waals surface area contributed by atoms with Crippen LogP contribution in [-0.4, -0.2) is 47.6 Å². The van der Waals surface area contributed by atoms with E-state index in [1.54, 1.807) is 0 Å². The number of hydrogen-bond donors (Lipinski definition) is 0. The SMILES string of the molecule is Cc1cnc2c(n1)CC[C@@H]1CN(C)CCN21. The first kappa shape index (κ1) is 10.0. The molecule has 3 heterocycles. The first-order valence-corrected chi connectivity index (χ1v) is 6.02. The molecule has 0 bridgehead atoms. The maximum atomic E-state index is 4.61. The molecule has 2 aliphatic heterocycles. The number of likely N-dealkylation sites (N-methyl/N-ethyl adjacent to an activating group) is 1. The van der Waals surface area contributed by atoms with Crippen molar-refractivity contribution in [3.8, 4) is 0 Å². The van der Waals surface area contributed by atoms with Gasteiger partial charge in [-0.15, -0.1) is 0 Å². The zero-order valence-electron chi connectivity index (χ0n) is 9.98. The number of aromatic nitrogens is 2. The zero-order valence-corrected chi connectivity index (χ0v) is 9.98. The number of rotatable bonds is 0. The van der Waals surface area contributed by atoms with Gasteiger partial charge < -0.3 is 9.80 Å². The van der Waals surface area contributed by atoms with Crippen LogP contribution in [0.1, 0.15) is 17.8 Å². The van der Waals surface area contributed by atoms with E-state index in [-0.39, 0.29) is 0 Å². The van der Waals surface area contributed by atoms with Gasteiger partial charge in [-0.25, -0.2) is 4.98 Å². The normalized spacial score (nSPS) is 25.1. The molecule has 16 heavy (non-hydrogen) atoms. The first-order chi connectivity index (χ1) is 7.74. The summed E-state index contributed by atoms with van der Waals surface area (Å²) >= 11 is 0. The summed E-state index contributed by atoms with van der Waals surface area (Å²) in [7, 11) is 2.20. The number of fused-ring (bicyclic) bond motifs is 3. The van der Waals surface area contributed by atoms with Crippen molar-refractivity contribution < 1.29 is 0 Å². The zero-order chi connectivity index (χ0) is 11.1. The van der Waals surface area contributed by atoms with Crippen molar-refractivity contribution >= 4 is 5.82 Å². The lowest BCUT2D eigenvalue weighted by Crippen LogP contribution is -2.54. The van der Waals surface area contributed by atoms with Gasteiger partial charge in [-0.1, -0.05) is 0 Å². The van der Waals surface area contributed by atoms with Crippen LogP contribution in [0.3, 0.4) is 0 Å². The fraction of sp³-hybridized carbons (Fsp3) is 0.667. The Bertz CT molecular complexity index is 404. The molecule has 0 saturated carbocycles. The fourth-order valence-corrected chi connectivity index (χ4v) is 2.77. The molecule has 0 spiro atoms. The van der Waals surface area contributed by atoms with E-state index >= 15 is 0 Å². The Labute approximate surface area is 96.3 Å². The second kappa shape index (κ2) is 3.70. The van der Waals surface area contributed by atoms with E-state index < -0.39 is 0 Å². The molecule has 0 amide bonds. The van der Waals surface area contributed by atoms with Gasteiger partial charge >= 0.3 is 0 Å². The van der Waals surface area contributed by atoms with E-state index in [1.165, 1.54) is 12.1 Å². The third-order valence-corrected chi connectivity index (χ3v) is 3.62. The van der Waals surface area contributed by atoms with E-state index in [1.807, 2.05) is 13.1 Å². The van der Waals surface area contributed by atoms with Crippen LogP contribution in [0.5, 0.6) is 0 Å². The average Bonchev–Trinajstić information content (AvgIpc) is 2.28. The first-order valence-electron chi connectivity index (χ1n) is 6.02. The second-order valence-corrected chi connectivity index (χ2v) is 4.93. The van der Waals surface area contributed by atoms with Crippen LogP contribution in [0.2, 0.25) is 0 Å². The Morgan fingerprint density at radius 3 is 3.12 bits per heavy atom.